The standard InChI is InChI=1S/C19H15Cl2NO2S/c1-24-18-16(19(23)22-15-8-6-14(21)7-9-15)11-25-17(18)10-12-2-4-13(20)5-3-12/h2-9,11H,10H2,1H3,(H,22,23). The van der Waals surface area contributed by atoms with Gasteiger partial charge in [-0.3, -0.25) is 4.79 Å². The number of anilines is 1. The SMILES string of the molecule is COc1c(C(=O)Nc2ccc(Cl)cc2)csc1Cc1ccc(Cl)cc1. The average Bonchev–Trinajstić information content (AvgIpc) is 3.01. The lowest BCUT2D eigenvalue weighted by molar-refractivity contribution is 0.102. The Morgan fingerprint density at radius 1 is 1.04 bits per heavy atom. The summed E-state index contributed by atoms with van der Waals surface area (Å²) in [5.74, 6) is 0.393. The van der Waals surface area contributed by atoms with Crippen LogP contribution in [0, 0.1) is 0 Å². The molecule has 1 amide bonds. The monoisotopic (exact) mass is 391 g/mol. The second-order valence-electron chi connectivity index (χ2n) is 5.37. The summed E-state index contributed by atoms with van der Waals surface area (Å²) in [4.78, 5) is 13.5. The molecule has 0 unspecified atom stereocenters. The predicted molar refractivity (Wildman–Crippen MR) is 105 cm³/mol. The number of hydrogen-bond acceptors (Lipinski definition) is 3. The minimum absolute atomic E-state index is 0.210. The fraction of sp³-hybridized carbons (Fsp3) is 0.105. The molecule has 0 radical (unpaired) electrons. The van der Waals surface area contributed by atoms with Gasteiger partial charge in [0.05, 0.1) is 17.6 Å². The first kappa shape index (κ1) is 17.8. The van der Waals surface area contributed by atoms with Gasteiger partial charge < -0.3 is 10.1 Å². The number of halogens is 2. The van der Waals surface area contributed by atoms with Crippen LogP contribution >= 0.6 is 34.5 Å². The molecule has 128 valence electrons. The van der Waals surface area contributed by atoms with Crippen molar-refractivity contribution in [3.8, 4) is 5.75 Å². The lowest BCUT2D eigenvalue weighted by Gasteiger charge is -2.08. The maximum Gasteiger partial charge on any atom is 0.260 e. The lowest BCUT2D eigenvalue weighted by atomic mass is 10.1. The van der Waals surface area contributed by atoms with Crippen LogP contribution in [0.2, 0.25) is 10.0 Å². The molecule has 0 aliphatic carbocycles. The Balaban J connectivity index is 1.80. The highest BCUT2D eigenvalue weighted by atomic mass is 35.5. The summed E-state index contributed by atoms with van der Waals surface area (Å²) in [6, 6.07) is 14.6. The fourth-order valence-corrected chi connectivity index (χ4v) is 3.69. The summed E-state index contributed by atoms with van der Waals surface area (Å²) in [6.07, 6.45) is 0.680. The van der Waals surface area contributed by atoms with E-state index in [1.807, 2.05) is 29.6 Å². The second-order valence-corrected chi connectivity index (χ2v) is 7.21. The van der Waals surface area contributed by atoms with Gasteiger partial charge in [0.1, 0.15) is 5.75 Å². The van der Waals surface area contributed by atoms with E-state index in [1.165, 1.54) is 11.3 Å². The van der Waals surface area contributed by atoms with Crippen molar-refractivity contribution in [2.75, 3.05) is 12.4 Å². The Morgan fingerprint density at radius 2 is 1.64 bits per heavy atom. The highest BCUT2D eigenvalue weighted by Gasteiger charge is 2.19. The maximum absolute atomic E-state index is 12.6. The largest absolute Gasteiger partial charge is 0.495 e. The molecule has 3 rings (SSSR count). The Hall–Kier alpha value is -2.01. The number of thiophene rings is 1. The number of nitrogens with one attached hydrogen (secondary N) is 1. The van der Waals surface area contributed by atoms with E-state index in [0.717, 1.165) is 10.4 Å². The molecule has 2 aromatic carbocycles. The van der Waals surface area contributed by atoms with Crippen molar-refractivity contribution in [1.82, 2.24) is 0 Å². The Morgan fingerprint density at radius 3 is 2.24 bits per heavy atom. The van der Waals surface area contributed by atoms with Crippen LogP contribution in [0.1, 0.15) is 20.8 Å². The summed E-state index contributed by atoms with van der Waals surface area (Å²) in [7, 11) is 1.58. The molecule has 1 N–H and O–H groups in total. The first-order valence-electron chi connectivity index (χ1n) is 7.52. The molecule has 0 spiro atoms. The summed E-state index contributed by atoms with van der Waals surface area (Å²) < 4.78 is 5.49. The predicted octanol–water partition coefficient (Wildman–Crippen LogP) is 5.91. The van der Waals surface area contributed by atoms with Crippen LogP contribution in [0.25, 0.3) is 0 Å². The summed E-state index contributed by atoms with van der Waals surface area (Å²) in [5.41, 5.74) is 2.31. The number of carbonyl (C=O) groups is 1. The van der Waals surface area contributed by atoms with E-state index in [4.69, 9.17) is 27.9 Å². The number of rotatable bonds is 5. The molecule has 0 saturated heterocycles. The van der Waals surface area contributed by atoms with Gasteiger partial charge in [-0.15, -0.1) is 11.3 Å². The molecule has 0 aliphatic heterocycles. The van der Waals surface area contributed by atoms with Crippen LogP contribution in [0.4, 0.5) is 5.69 Å². The van der Waals surface area contributed by atoms with E-state index in [1.54, 1.807) is 31.4 Å². The van der Waals surface area contributed by atoms with Crippen molar-refractivity contribution in [3.63, 3.8) is 0 Å². The molecule has 0 atom stereocenters. The quantitative estimate of drug-likeness (QED) is 0.587. The van der Waals surface area contributed by atoms with Crippen LogP contribution < -0.4 is 10.1 Å². The molecular formula is C19H15Cl2NO2S. The zero-order chi connectivity index (χ0) is 17.8. The van der Waals surface area contributed by atoms with E-state index in [9.17, 15) is 4.79 Å². The number of benzene rings is 2. The first-order chi connectivity index (χ1) is 12.1. The first-order valence-corrected chi connectivity index (χ1v) is 9.16. The molecule has 1 heterocycles. The number of methoxy groups -OCH3 is 1. The van der Waals surface area contributed by atoms with Gasteiger partial charge in [0, 0.05) is 27.5 Å². The van der Waals surface area contributed by atoms with E-state index in [2.05, 4.69) is 5.32 Å². The molecule has 0 saturated carbocycles. The van der Waals surface area contributed by atoms with Gasteiger partial charge in [0.15, 0.2) is 0 Å². The molecule has 0 aliphatic rings. The van der Waals surface area contributed by atoms with Gasteiger partial charge in [-0.2, -0.15) is 0 Å². The summed E-state index contributed by atoms with van der Waals surface area (Å²) in [5, 5.41) is 5.99. The number of hydrogen-bond donors (Lipinski definition) is 1. The van der Waals surface area contributed by atoms with Crippen molar-refractivity contribution < 1.29 is 9.53 Å². The normalized spacial score (nSPS) is 10.5. The van der Waals surface area contributed by atoms with E-state index < -0.39 is 0 Å². The van der Waals surface area contributed by atoms with Crippen molar-refractivity contribution in [2.24, 2.45) is 0 Å². The number of amides is 1. The number of carbonyl (C=O) groups excluding carboxylic acids is 1. The minimum atomic E-state index is -0.210. The van der Waals surface area contributed by atoms with E-state index in [0.29, 0.717) is 33.5 Å². The highest BCUT2D eigenvalue weighted by Crippen LogP contribution is 2.33. The minimum Gasteiger partial charge on any atom is -0.495 e. The topological polar surface area (TPSA) is 38.3 Å². The molecule has 3 nitrogen and oxygen atoms in total. The zero-order valence-electron chi connectivity index (χ0n) is 13.4. The summed E-state index contributed by atoms with van der Waals surface area (Å²) in [6.45, 7) is 0. The zero-order valence-corrected chi connectivity index (χ0v) is 15.7. The fourth-order valence-electron chi connectivity index (χ4n) is 2.41. The van der Waals surface area contributed by atoms with Crippen LogP contribution in [0.5, 0.6) is 5.75 Å². The van der Waals surface area contributed by atoms with Crippen LogP contribution in [-0.4, -0.2) is 13.0 Å². The van der Waals surface area contributed by atoms with Gasteiger partial charge in [0.2, 0.25) is 0 Å². The van der Waals surface area contributed by atoms with Crippen LogP contribution in [-0.2, 0) is 6.42 Å². The lowest BCUT2D eigenvalue weighted by Crippen LogP contribution is -2.12. The molecule has 6 heteroatoms. The number of ether oxygens (including phenoxy) is 1. The van der Waals surface area contributed by atoms with Crippen molar-refractivity contribution in [1.29, 1.82) is 0 Å². The van der Waals surface area contributed by atoms with Crippen molar-refractivity contribution in [2.45, 2.75) is 6.42 Å². The molecular weight excluding hydrogens is 377 g/mol. The van der Waals surface area contributed by atoms with E-state index >= 15 is 0 Å². The van der Waals surface area contributed by atoms with Crippen LogP contribution in [0.3, 0.4) is 0 Å². The van der Waals surface area contributed by atoms with Crippen molar-refractivity contribution >= 4 is 46.1 Å². The van der Waals surface area contributed by atoms with Gasteiger partial charge in [-0.05, 0) is 42.0 Å². The Kier molecular flexibility index (Phi) is 5.63. The second kappa shape index (κ2) is 7.91. The maximum atomic E-state index is 12.6. The van der Waals surface area contributed by atoms with Gasteiger partial charge in [-0.25, -0.2) is 0 Å². The Labute approximate surface area is 160 Å². The smallest absolute Gasteiger partial charge is 0.260 e. The molecule has 3 aromatic rings. The third-order valence-electron chi connectivity index (χ3n) is 3.65. The third-order valence-corrected chi connectivity index (χ3v) is 5.12. The summed E-state index contributed by atoms with van der Waals surface area (Å²) >= 11 is 13.3. The average molecular weight is 392 g/mol. The molecule has 25 heavy (non-hydrogen) atoms. The molecule has 1 aromatic heterocycles. The molecule has 0 fully saturated rings. The highest BCUT2D eigenvalue weighted by molar-refractivity contribution is 7.10. The van der Waals surface area contributed by atoms with Crippen LogP contribution in [0.15, 0.2) is 53.9 Å². The molecule has 0 bridgehead atoms. The van der Waals surface area contributed by atoms with Gasteiger partial charge in [-0.1, -0.05) is 35.3 Å². The van der Waals surface area contributed by atoms with Gasteiger partial charge >= 0.3 is 0 Å². The third kappa shape index (κ3) is 4.34. The van der Waals surface area contributed by atoms with Gasteiger partial charge in [0.25, 0.3) is 5.91 Å². The van der Waals surface area contributed by atoms with E-state index in [-0.39, 0.29) is 5.91 Å². The Bertz CT molecular complexity index is 873. The van der Waals surface area contributed by atoms with Crippen molar-refractivity contribution in [3.05, 3.63) is 80.0 Å².